The summed E-state index contributed by atoms with van der Waals surface area (Å²) < 4.78 is 5.36. The topological polar surface area (TPSA) is 3.24 Å². The van der Waals surface area contributed by atoms with Gasteiger partial charge >= 0.3 is 0 Å². The molecule has 0 amide bonds. The summed E-state index contributed by atoms with van der Waals surface area (Å²) in [5.41, 5.74) is 23.4. The highest BCUT2D eigenvalue weighted by molar-refractivity contribution is 7.27. The first-order valence-corrected chi connectivity index (χ1v) is 30.6. The molecule has 0 atom stereocenters. The van der Waals surface area contributed by atoms with E-state index in [1.54, 1.807) is 0 Å². The van der Waals surface area contributed by atoms with Crippen LogP contribution in [0.15, 0.2) is 261 Å². The summed E-state index contributed by atoms with van der Waals surface area (Å²) in [4.78, 5) is 2.68. The molecule has 3 heteroatoms. The van der Waals surface area contributed by atoms with E-state index in [1.165, 1.54) is 151 Å². The lowest BCUT2D eigenvalue weighted by molar-refractivity contribution is 0.661. The molecule has 13 aromatic carbocycles. The van der Waals surface area contributed by atoms with Crippen LogP contribution >= 0.6 is 22.7 Å². The van der Waals surface area contributed by atoms with Crippen molar-refractivity contribution in [2.24, 2.45) is 0 Å². The number of nitrogens with zero attached hydrogens (tertiary/aromatic N) is 1. The lowest BCUT2D eigenvalue weighted by atomic mass is 9.80. The van der Waals surface area contributed by atoms with E-state index in [4.69, 9.17) is 0 Å². The number of rotatable bonds is 7. The zero-order chi connectivity index (χ0) is 55.3. The molecule has 0 radical (unpaired) electrons. The van der Waals surface area contributed by atoms with E-state index in [0.29, 0.717) is 0 Å². The average molecular weight is 1090 g/mol. The van der Waals surface area contributed by atoms with Crippen LogP contribution in [0.25, 0.3) is 129 Å². The molecule has 392 valence electrons. The van der Waals surface area contributed by atoms with E-state index < -0.39 is 0 Å². The van der Waals surface area contributed by atoms with Gasteiger partial charge < -0.3 is 4.90 Å². The molecule has 2 aliphatic rings. The van der Waals surface area contributed by atoms with Crippen molar-refractivity contribution in [3.8, 4) is 66.8 Å². The summed E-state index contributed by atoms with van der Waals surface area (Å²) in [6, 6.07) is 98.3. The van der Waals surface area contributed by atoms with Crippen molar-refractivity contribution < 1.29 is 0 Å². The molecule has 17 rings (SSSR count). The molecule has 0 unspecified atom stereocenters. The van der Waals surface area contributed by atoms with E-state index in [-0.39, 0.29) is 10.8 Å². The molecule has 83 heavy (non-hydrogen) atoms. The van der Waals surface area contributed by atoms with Gasteiger partial charge in [0, 0.05) is 78.6 Å². The lowest BCUT2D eigenvalue weighted by Gasteiger charge is -2.33. The number of benzene rings is 13. The van der Waals surface area contributed by atoms with E-state index in [9.17, 15) is 0 Å². The summed E-state index contributed by atoms with van der Waals surface area (Å²) in [6.07, 6.45) is 0. The third-order valence-corrected chi connectivity index (χ3v) is 21.0. The Kier molecular flexibility index (Phi) is 10.5. The standard InChI is InChI=1S/C80H55NS2/c1-79(2)62-44-60(50-29-13-7-14-30-50)71-57-37-21-23-39-69(57)82-77(71)75(62)73-55-35-19-17-33-53(55)67(46-64(73)79)81(66-42-41-52(48-25-9-5-10-26-48)43-59(66)49-27-11-6-12-28-49)68-47-65-74(56-36-20-18-34-54(56)68)76-63(80(65,3)4)45-61(51-31-15-8-16-32-51)72-58-38-22-24-40-70(58)83-78(72)76/h5-47H,1-4H3. The van der Waals surface area contributed by atoms with E-state index in [2.05, 4.69) is 293 Å². The smallest absolute Gasteiger partial charge is 0.0544 e. The third kappa shape index (κ3) is 6.99. The van der Waals surface area contributed by atoms with Gasteiger partial charge in [-0.2, -0.15) is 0 Å². The van der Waals surface area contributed by atoms with Crippen molar-refractivity contribution in [3.63, 3.8) is 0 Å². The quantitative estimate of drug-likeness (QED) is 0.154. The normalized spacial score (nSPS) is 13.7. The van der Waals surface area contributed by atoms with Crippen molar-refractivity contribution in [1.82, 2.24) is 0 Å². The van der Waals surface area contributed by atoms with Gasteiger partial charge in [-0.25, -0.2) is 0 Å². The van der Waals surface area contributed by atoms with E-state index in [1.807, 2.05) is 22.7 Å². The summed E-state index contributed by atoms with van der Waals surface area (Å²) in [5.74, 6) is 0. The molecular formula is C80H55NS2. The molecule has 0 aliphatic heterocycles. The van der Waals surface area contributed by atoms with Crippen LogP contribution in [0.2, 0.25) is 0 Å². The zero-order valence-electron chi connectivity index (χ0n) is 46.6. The van der Waals surface area contributed by atoms with Gasteiger partial charge in [0.15, 0.2) is 0 Å². The van der Waals surface area contributed by atoms with Gasteiger partial charge in [-0.15, -0.1) is 22.7 Å². The number of thiophene rings is 2. The minimum atomic E-state index is -0.363. The van der Waals surface area contributed by atoms with Crippen LogP contribution in [0.3, 0.4) is 0 Å². The van der Waals surface area contributed by atoms with Crippen LogP contribution in [0.1, 0.15) is 49.9 Å². The van der Waals surface area contributed by atoms with E-state index >= 15 is 0 Å². The highest BCUT2D eigenvalue weighted by Gasteiger charge is 2.43. The Bertz CT molecular complexity index is 4920. The maximum Gasteiger partial charge on any atom is 0.0544 e. The van der Waals surface area contributed by atoms with Crippen LogP contribution in [0.5, 0.6) is 0 Å². The number of fused-ring (bicyclic) bond motifs is 18. The Morgan fingerprint density at radius 3 is 1.05 bits per heavy atom. The molecule has 0 bridgehead atoms. The van der Waals surface area contributed by atoms with Crippen molar-refractivity contribution in [2.45, 2.75) is 38.5 Å². The van der Waals surface area contributed by atoms with Crippen LogP contribution < -0.4 is 4.90 Å². The van der Waals surface area contributed by atoms with Gasteiger partial charge in [0.2, 0.25) is 0 Å². The number of hydrogen-bond acceptors (Lipinski definition) is 3. The first-order valence-electron chi connectivity index (χ1n) is 29.0. The second-order valence-electron chi connectivity index (χ2n) is 23.8. The van der Waals surface area contributed by atoms with Crippen molar-refractivity contribution in [3.05, 3.63) is 283 Å². The predicted molar refractivity (Wildman–Crippen MR) is 359 cm³/mol. The van der Waals surface area contributed by atoms with Crippen molar-refractivity contribution >= 4 is 102 Å². The van der Waals surface area contributed by atoms with Crippen LogP contribution in [-0.4, -0.2) is 0 Å². The van der Waals surface area contributed by atoms with Gasteiger partial charge in [0.1, 0.15) is 0 Å². The molecule has 0 spiro atoms. The Morgan fingerprint density at radius 2 is 0.614 bits per heavy atom. The molecule has 2 aliphatic carbocycles. The van der Waals surface area contributed by atoms with E-state index in [0.717, 1.165) is 17.1 Å². The highest BCUT2D eigenvalue weighted by atomic mass is 32.1. The van der Waals surface area contributed by atoms with Crippen molar-refractivity contribution in [1.29, 1.82) is 0 Å². The van der Waals surface area contributed by atoms with Gasteiger partial charge in [0.05, 0.1) is 17.1 Å². The Balaban J connectivity index is 0.993. The predicted octanol–water partition coefficient (Wildman–Crippen LogP) is 23.5. The highest BCUT2D eigenvalue weighted by Crippen LogP contribution is 2.63. The summed E-state index contributed by atoms with van der Waals surface area (Å²) in [6.45, 7) is 9.89. The monoisotopic (exact) mass is 1090 g/mol. The third-order valence-electron chi connectivity index (χ3n) is 18.6. The summed E-state index contributed by atoms with van der Waals surface area (Å²) in [7, 11) is 0. The molecular weight excluding hydrogens is 1040 g/mol. The Hall–Kier alpha value is -9.38. The minimum absolute atomic E-state index is 0.363. The number of anilines is 3. The van der Waals surface area contributed by atoms with Crippen LogP contribution in [0.4, 0.5) is 17.1 Å². The molecule has 0 N–H and O–H groups in total. The second kappa shape index (κ2) is 18.1. The molecule has 0 saturated carbocycles. The van der Waals surface area contributed by atoms with Gasteiger partial charge in [0.25, 0.3) is 0 Å². The zero-order valence-corrected chi connectivity index (χ0v) is 48.2. The molecule has 0 saturated heterocycles. The molecule has 2 heterocycles. The van der Waals surface area contributed by atoms with Crippen LogP contribution in [-0.2, 0) is 10.8 Å². The maximum atomic E-state index is 2.68. The molecule has 0 fully saturated rings. The molecule has 2 aromatic heterocycles. The van der Waals surface area contributed by atoms with Gasteiger partial charge in [-0.05, 0) is 132 Å². The fraction of sp³-hybridized carbons (Fsp3) is 0.0750. The summed E-state index contributed by atoms with van der Waals surface area (Å²) >= 11 is 3.90. The largest absolute Gasteiger partial charge is 0.309 e. The average Bonchev–Trinajstić information content (AvgIpc) is 3.79. The number of hydrogen-bond donors (Lipinski definition) is 0. The first-order chi connectivity index (χ1) is 40.7. The Morgan fingerprint density at radius 1 is 0.265 bits per heavy atom. The van der Waals surface area contributed by atoms with Crippen LogP contribution in [0, 0.1) is 0 Å². The first kappa shape index (κ1) is 48.3. The lowest BCUT2D eigenvalue weighted by Crippen LogP contribution is -2.19. The SMILES string of the molecule is CC1(C)c2cc(N(c3ccc(-c4ccccc4)cc3-c3ccccc3)c3cc4c(c5ccccc35)-c3c(cc(-c5ccccc5)c5c3sc3ccccc35)C4(C)C)c3ccccc3c2-c2c1cc(-c1ccccc1)c1c2sc2ccccc21. The molecule has 1 nitrogen and oxygen atoms in total. The minimum Gasteiger partial charge on any atom is -0.309 e. The van der Waals surface area contributed by atoms with Gasteiger partial charge in [-0.3, -0.25) is 0 Å². The van der Waals surface area contributed by atoms with Crippen molar-refractivity contribution in [2.75, 3.05) is 4.90 Å². The fourth-order valence-corrected chi connectivity index (χ4v) is 17.2. The molecule has 15 aromatic rings. The fourth-order valence-electron chi connectivity index (χ4n) is 14.6. The maximum absolute atomic E-state index is 2.68. The summed E-state index contributed by atoms with van der Waals surface area (Å²) in [5, 5.41) is 10.3. The van der Waals surface area contributed by atoms with Gasteiger partial charge in [-0.1, -0.05) is 240 Å². The Labute approximate surface area is 491 Å². The second-order valence-corrected chi connectivity index (χ2v) is 25.9.